The highest BCUT2D eigenvalue weighted by Crippen LogP contribution is 2.28. The van der Waals surface area contributed by atoms with Crippen LogP contribution >= 0.6 is 11.6 Å². The minimum absolute atomic E-state index is 0.120. The van der Waals surface area contributed by atoms with Gasteiger partial charge in [0.1, 0.15) is 18.3 Å². The molecule has 2 aromatic rings. The second-order valence-corrected chi connectivity index (χ2v) is 6.41. The van der Waals surface area contributed by atoms with Gasteiger partial charge in [0, 0.05) is 6.20 Å². The lowest BCUT2D eigenvalue weighted by atomic mass is 10.2. The third-order valence-electron chi connectivity index (χ3n) is 2.65. The Balaban J connectivity index is 2.37. The van der Waals surface area contributed by atoms with Gasteiger partial charge in [-0.3, -0.25) is 0 Å². The molecule has 1 aromatic carbocycles. The smallest absolute Gasteiger partial charge is 0.267 e. The summed E-state index contributed by atoms with van der Waals surface area (Å²) in [7, 11) is -3.72. The van der Waals surface area contributed by atoms with E-state index in [4.69, 9.17) is 16.3 Å². The Labute approximate surface area is 121 Å². The van der Waals surface area contributed by atoms with Crippen LogP contribution in [0.4, 0.5) is 4.39 Å². The molecular formula is C13H13ClFNO3S. The second-order valence-electron chi connectivity index (χ2n) is 4.16. The molecule has 0 amide bonds. The van der Waals surface area contributed by atoms with E-state index in [1.165, 1.54) is 24.5 Å². The normalized spacial score (nSPS) is 11.6. The molecule has 0 spiro atoms. The Hall–Kier alpha value is -1.53. The molecule has 0 saturated heterocycles. The zero-order valence-corrected chi connectivity index (χ0v) is 12.3. The second kappa shape index (κ2) is 5.85. The fraction of sp³-hybridized carbons (Fsp3) is 0.231. The van der Waals surface area contributed by atoms with Crippen LogP contribution in [0.2, 0.25) is 5.02 Å². The summed E-state index contributed by atoms with van der Waals surface area (Å²) in [4.78, 5) is 0.145. The maximum absolute atomic E-state index is 12.4. The largest absolute Gasteiger partial charge is 0.488 e. The van der Waals surface area contributed by atoms with Crippen molar-refractivity contribution in [3.63, 3.8) is 0 Å². The molecule has 1 heterocycles. The quantitative estimate of drug-likeness (QED) is 0.851. The van der Waals surface area contributed by atoms with Crippen LogP contribution in [0.3, 0.4) is 0 Å². The molecule has 0 radical (unpaired) electrons. The molecular weight excluding hydrogens is 305 g/mol. The number of halogens is 2. The molecule has 108 valence electrons. The average Bonchev–Trinajstić information content (AvgIpc) is 2.79. The minimum atomic E-state index is -3.72. The van der Waals surface area contributed by atoms with Crippen LogP contribution < -0.4 is 4.74 Å². The van der Waals surface area contributed by atoms with Gasteiger partial charge in [-0.05, 0) is 19.1 Å². The van der Waals surface area contributed by atoms with E-state index in [2.05, 4.69) is 0 Å². The lowest BCUT2D eigenvalue weighted by molar-refractivity contribution is 0.273. The van der Waals surface area contributed by atoms with Crippen LogP contribution in [0.5, 0.6) is 5.75 Å². The van der Waals surface area contributed by atoms with Crippen molar-refractivity contribution in [2.75, 3.05) is 13.3 Å². The molecule has 0 bridgehead atoms. The van der Waals surface area contributed by atoms with Crippen molar-refractivity contribution in [1.29, 1.82) is 0 Å². The summed E-state index contributed by atoms with van der Waals surface area (Å²) in [5, 5.41) is 0.120. The van der Waals surface area contributed by atoms with Gasteiger partial charge in [0.15, 0.2) is 5.75 Å². The zero-order chi connectivity index (χ0) is 14.8. The van der Waals surface area contributed by atoms with Crippen LogP contribution in [-0.2, 0) is 10.0 Å². The molecule has 0 fully saturated rings. The Morgan fingerprint density at radius 1 is 1.25 bits per heavy atom. The molecule has 4 nitrogen and oxygen atoms in total. The molecule has 0 saturated carbocycles. The van der Waals surface area contributed by atoms with Crippen LogP contribution in [0, 0.1) is 6.92 Å². The van der Waals surface area contributed by atoms with Crippen molar-refractivity contribution >= 4 is 21.6 Å². The summed E-state index contributed by atoms with van der Waals surface area (Å²) in [6.07, 6.45) is 2.46. The van der Waals surface area contributed by atoms with Crippen molar-refractivity contribution in [1.82, 2.24) is 3.97 Å². The molecule has 0 aliphatic rings. The third-order valence-corrected chi connectivity index (χ3v) is 4.57. The number of rotatable bonds is 5. The molecule has 1 aromatic heterocycles. The highest BCUT2D eigenvalue weighted by atomic mass is 35.5. The van der Waals surface area contributed by atoms with Gasteiger partial charge in [-0.2, -0.15) is 0 Å². The van der Waals surface area contributed by atoms with Gasteiger partial charge >= 0.3 is 0 Å². The standard InChI is InChI=1S/C13H13ClFNO3S/c1-10-2-4-11(5-3-10)20(17,18)16-8-12(14)13(9-16)19-7-6-15/h2-5,8-9H,6-7H2,1H3. The van der Waals surface area contributed by atoms with E-state index in [0.717, 1.165) is 9.54 Å². The Morgan fingerprint density at radius 2 is 1.90 bits per heavy atom. The molecule has 0 aliphatic carbocycles. The van der Waals surface area contributed by atoms with Crippen LogP contribution in [0.15, 0.2) is 41.6 Å². The minimum Gasteiger partial charge on any atom is -0.488 e. The van der Waals surface area contributed by atoms with Crippen LogP contribution in [-0.4, -0.2) is 25.7 Å². The number of aryl methyl sites for hydroxylation is 1. The predicted molar refractivity (Wildman–Crippen MR) is 74.7 cm³/mol. The topological polar surface area (TPSA) is 48.3 Å². The van der Waals surface area contributed by atoms with E-state index in [0.29, 0.717) is 0 Å². The Kier molecular flexibility index (Phi) is 4.35. The lowest BCUT2D eigenvalue weighted by Crippen LogP contribution is -2.10. The summed E-state index contributed by atoms with van der Waals surface area (Å²) >= 11 is 5.87. The fourth-order valence-corrected chi connectivity index (χ4v) is 3.08. The van der Waals surface area contributed by atoms with Crippen LogP contribution in [0.25, 0.3) is 0 Å². The first-order valence-electron chi connectivity index (χ1n) is 5.83. The molecule has 0 aliphatic heterocycles. The fourth-order valence-electron chi connectivity index (χ4n) is 1.62. The number of hydrogen-bond donors (Lipinski definition) is 0. The van der Waals surface area contributed by atoms with E-state index >= 15 is 0 Å². The Morgan fingerprint density at radius 3 is 2.50 bits per heavy atom. The number of benzene rings is 1. The zero-order valence-electron chi connectivity index (χ0n) is 10.7. The summed E-state index contributed by atoms with van der Waals surface area (Å²) < 4.78 is 42.8. The average molecular weight is 318 g/mol. The highest BCUT2D eigenvalue weighted by Gasteiger charge is 2.19. The molecule has 0 N–H and O–H groups in total. The van der Waals surface area contributed by atoms with Gasteiger partial charge in [-0.25, -0.2) is 16.8 Å². The van der Waals surface area contributed by atoms with Crippen molar-refractivity contribution < 1.29 is 17.5 Å². The van der Waals surface area contributed by atoms with Gasteiger partial charge in [0.2, 0.25) is 0 Å². The van der Waals surface area contributed by atoms with Gasteiger partial charge in [-0.1, -0.05) is 29.3 Å². The predicted octanol–water partition coefficient (Wildman–Crippen LogP) is 3.04. The van der Waals surface area contributed by atoms with Crippen molar-refractivity contribution in [2.45, 2.75) is 11.8 Å². The first-order chi connectivity index (χ1) is 9.45. The van der Waals surface area contributed by atoms with E-state index in [9.17, 15) is 12.8 Å². The van der Waals surface area contributed by atoms with Gasteiger partial charge in [-0.15, -0.1) is 0 Å². The van der Waals surface area contributed by atoms with Crippen LogP contribution in [0.1, 0.15) is 5.56 Å². The Bertz CT molecular complexity index is 695. The number of nitrogens with zero attached hydrogens (tertiary/aromatic N) is 1. The van der Waals surface area contributed by atoms with Gasteiger partial charge in [0.25, 0.3) is 10.0 Å². The number of ether oxygens (including phenoxy) is 1. The molecule has 0 atom stereocenters. The summed E-state index contributed by atoms with van der Waals surface area (Å²) in [6, 6.07) is 6.44. The third kappa shape index (κ3) is 2.96. The summed E-state index contributed by atoms with van der Waals surface area (Å²) in [5.41, 5.74) is 0.960. The van der Waals surface area contributed by atoms with Crippen molar-refractivity contribution in [3.8, 4) is 5.75 Å². The van der Waals surface area contributed by atoms with E-state index in [-0.39, 0.29) is 22.3 Å². The van der Waals surface area contributed by atoms with E-state index in [1.54, 1.807) is 12.1 Å². The number of hydrogen-bond acceptors (Lipinski definition) is 3. The summed E-state index contributed by atoms with van der Waals surface area (Å²) in [5.74, 6) is 0.139. The van der Waals surface area contributed by atoms with Gasteiger partial charge < -0.3 is 4.74 Å². The maximum atomic E-state index is 12.4. The van der Waals surface area contributed by atoms with Crippen molar-refractivity contribution in [2.24, 2.45) is 0 Å². The molecule has 0 unspecified atom stereocenters. The molecule has 7 heteroatoms. The number of aromatic nitrogens is 1. The summed E-state index contributed by atoms with van der Waals surface area (Å²) in [6.45, 7) is 1.02. The highest BCUT2D eigenvalue weighted by molar-refractivity contribution is 7.90. The first-order valence-corrected chi connectivity index (χ1v) is 7.65. The van der Waals surface area contributed by atoms with E-state index < -0.39 is 16.7 Å². The molecule has 20 heavy (non-hydrogen) atoms. The SMILES string of the molecule is Cc1ccc(S(=O)(=O)n2cc(Cl)c(OCCF)c2)cc1. The lowest BCUT2D eigenvalue weighted by Gasteiger charge is -2.05. The van der Waals surface area contributed by atoms with E-state index in [1.807, 2.05) is 6.92 Å². The van der Waals surface area contributed by atoms with Gasteiger partial charge in [0.05, 0.1) is 11.1 Å². The molecule has 2 rings (SSSR count). The van der Waals surface area contributed by atoms with Crippen molar-refractivity contribution in [3.05, 3.63) is 47.2 Å². The number of alkyl halides is 1. The maximum Gasteiger partial charge on any atom is 0.267 e. The first kappa shape index (κ1) is 14.9. The monoisotopic (exact) mass is 317 g/mol.